The maximum atomic E-state index is 10.9. The van der Waals surface area contributed by atoms with Crippen LogP contribution in [0.2, 0.25) is 0 Å². The molecule has 1 rings (SSSR count). The van der Waals surface area contributed by atoms with E-state index >= 15 is 0 Å². The molecule has 1 aromatic carbocycles. The van der Waals surface area contributed by atoms with Gasteiger partial charge in [-0.05, 0) is 30.7 Å². The van der Waals surface area contributed by atoms with Gasteiger partial charge in [0.25, 0.3) is 5.09 Å². The number of anilines is 1. The Kier molecular flexibility index (Phi) is 6.28. The van der Waals surface area contributed by atoms with Crippen molar-refractivity contribution in [2.24, 2.45) is 0 Å². The van der Waals surface area contributed by atoms with Crippen molar-refractivity contribution in [3.63, 3.8) is 0 Å². The second-order valence-electron chi connectivity index (χ2n) is 4.22. The van der Waals surface area contributed by atoms with E-state index in [0.717, 1.165) is 12.8 Å². The van der Waals surface area contributed by atoms with Gasteiger partial charge in [0.05, 0.1) is 0 Å². The highest BCUT2D eigenvalue weighted by molar-refractivity contribution is 5.88. The molecule has 110 valence electrons. The molecule has 0 saturated heterocycles. The van der Waals surface area contributed by atoms with Gasteiger partial charge in [-0.15, -0.1) is 10.1 Å². The molecule has 0 bridgehead atoms. The number of hydrogen-bond acceptors (Lipinski definition) is 5. The predicted octanol–water partition coefficient (Wildman–Crippen LogP) is 2.75. The molecule has 1 amide bonds. The molecule has 1 N–H and O–H groups in total. The van der Waals surface area contributed by atoms with Crippen molar-refractivity contribution in [1.82, 2.24) is 0 Å². The molecule has 0 heterocycles. The Bertz CT molecular complexity index is 447. The number of nitrogens with zero attached hydrogens (tertiary/aromatic N) is 1. The van der Waals surface area contributed by atoms with Crippen LogP contribution in [0, 0.1) is 10.1 Å². The molecule has 0 fully saturated rings. The van der Waals surface area contributed by atoms with Crippen LogP contribution in [0.15, 0.2) is 24.3 Å². The van der Waals surface area contributed by atoms with E-state index < -0.39 is 11.4 Å². The third-order valence-corrected chi connectivity index (χ3v) is 2.44. The van der Waals surface area contributed by atoms with Crippen molar-refractivity contribution in [2.45, 2.75) is 39.4 Å². The van der Waals surface area contributed by atoms with Crippen molar-refractivity contribution in [3.8, 4) is 5.75 Å². The molecule has 7 heteroatoms. The van der Waals surface area contributed by atoms with E-state index in [1.807, 2.05) is 6.92 Å². The summed E-state index contributed by atoms with van der Waals surface area (Å²) in [6.07, 6.45) is 1.17. The second-order valence-corrected chi connectivity index (χ2v) is 4.22. The molecule has 1 atom stereocenters. The Hall–Kier alpha value is -2.31. The highest BCUT2D eigenvalue weighted by atomic mass is 17.0. The van der Waals surface area contributed by atoms with E-state index in [9.17, 15) is 14.9 Å². The van der Waals surface area contributed by atoms with Crippen LogP contribution in [0.25, 0.3) is 0 Å². The van der Waals surface area contributed by atoms with Gasteiger partial charge >= 0.3 is 0 Å². The van der Waals surface area contributed by atoms with Crippen molar-refractivity contribution in [1.29, 1.82) is 0 Å². The fourth-order valence-electron chi connectivity index (χ4n) is 1.57. The van der Waals surface area contributed by atoms with Crippen LogP contribution < -0.4 is 10.1 Å². The van der Waals surface area contributed by atoms with Gasteiger partial charge < -0.3 is 10.1 Å². The third kappa shape index (κ3) is 6.03. The van der Waals surface area contributed by atoms with E-state index in [4.69, 9.17) is 4.74 Å². The van der Waals surface area contributed by atoms with Crippen LogP contribution in [0.4, 0.5) is 5.69 Å². The van der Waals surface area contributed by atoms with Gasteiger partial charge in [0, 0.05) is 19.0 Å². The monoisotopic (exact) mass is 282 g/mol. The van der Waals surface area contributed by atoms with Gasteiger partial charge in [-0.3, -0.25) is 9.63 Å². The lowest BCUT2D eigenvalue weighted by atomic mass is 10.2. The Labute approximate surface area is 117 Å². The summed E-state index contributed by atoms with van der Waals surface area (Å²) in [5, 5.41) is 12.2. The van der Waals surface area contributed by atoms with Gasteiger partial charge in [0.1, 0.15) is 5.75 Å². The summed E-state index contributed by atoms with van der Waals surface area (Å²) in [4.78, 5) is 25.8. The zero-order chi connectivity index (χ0) is 15.0. The van der Waals surface area contributed by atoms with Crippen molar-refractivity contribution in [3.05, 3.63) is 34.4 Å². The molecular weight excluding hydrogens is 264 g/mol. The summed E-state index contributed by atoms with van der Waals surface area (Å²) in [5.74, 6) is 0.276. The van der Waals surface area contributed by atoms with Crippen LogP contribution in [0.5, 0.6) is 5.75 Å². The van der Waals surface area contributed by atoms with Gasteiger partial charge in [-0.25, -0.2) is 0 Å². The van der Waals surface area contributed by atoms with Gasteiger partial charge in [0.2, 0.25) is 12.2 Å². The van der Waals surface area contributed by atoms with Gasteiger partial charge in [-0.1, -0.05) is 13.3 Å². The van der Waals surface area contributed by atoms with E-state index in [1.165, 1.54) is 6.92 Å². The zero-order valence-corrected chi connectivity index (χ0v) is 11.5. The first-order valence-corrected chi connectivity index (χ1v) is 6.36. The first-order valence-electron chi connectivity index (χ1n) is 6.36. The fraction of sp³-hybridized carbons (Fsp3) is 0.462. The molecular formula is C13H18N2O5. The number of rotatable bonds is 8. The van der Waals surface area contributed by atoms with E-state index in [2.05, 4.69) is 10.2 Å². The number of ether oxygens (including phenoxy) is 1. The summed E-state index contributed by atoms with van der Waals surface area (Å²) < 4.78 is 5.41. The first kappa shape index (κ1) is 15.7. The maximum absolute atomic E-state index is 10.9. The number of hydrogen-bond donors (Lipinski definition) is 1. The standard InChI is InChI=1S/C13H18N2O5/c1-3-4-5-13(20-15(17)18)19-12-8-6-11(7-9-12)14-10(2)16/h6-9,13H,3-5H2,1-2H3,(H,14,16). The number of nitrogens with one attached hydrogen (secondary N) is 1. The highest BCUT2D eigenvalue weighted by Gasteiger charge is 2.14. The average molecular weight is 282 g/mol. The normalized spacial score (nSPS) is 11.5. The molecule has 1 unspecified atom stereocenters. The van der Waals surface area contributed by atoms with E-state index in [-0.39, 0.29) is 5.91 Å². The van der Waals surface area contributed by atoms with Crippen molar-refractivity contribution >= 4 is 11.6 Å². The molecule has 0 aliphatic carbocycles. The topological polar surface area (TPSA) is 90.7 Å². The SMILES string of the molecule is CCCCC(Oc1ccc(NC(C)=O)cc1)O[N+](=O)[O-]. The molecule has 0 aromatic heterocycles. The lowest BCUT2D eigenvalue weighted by Gasteiger charge is -2.16. The summed E-state index contributed by atoms with van der Waals surface area (Å²) in [7, 11) is 0. The molecule has 0 saturated carbocycles. The quantitative estimate of drug-likeness (QED) is 0.449. The molecule has 0 radical (unpaired) electrons. The lowest BCUT2D eigenvalue weighted by Crippen LogP contribution is -2.23. The minimum absolute atomic E-state index is 0.170. The highest BCUT2D eigenvalue weighted by Crippen LogP contribution is 2.19. The fourth-order valence-corrected chi connectivity index (χ4v) is 1.57. The van der Waals surface area contributed by atoms with Gasteiger partial charge in [-0.2, -0.15) is 0 Å². The molecule has 0 spiro atoms. The van der Waals surface area contributed by atoms with Crippen molar-refractivity contribution < 1.29 is 19.5 Å². The van der Waals surface area contributed by atoms with Crippen LogP contribution >= 0.6 is 0 Å². The van der Waals surface area contributed by atoms with Crippen LogP contribution in [0.1, 0.15) is 33.1 Å². The molecule has 0 aliphatic rings. The Morgan fingerprint density at radius 1 is 1.40 bits per heavy atom. The van der Waals surface area contributed by atoms with Crippen LogP contribution in [0.3, 0.4) is 0 Å². The van der Waals surface area contributed by atoms with E-state index in [0.29, 0.717) is 17.9 Å². The average Bonchev–Trinajstić information content (AvgIpc) is 2.37. The minimum atomic E-state index is -0.920. The Morgan fingerprint density at radius 2 is 2.05 bits per heavy atom. The number of carbonyl (C=O) groups excluding carboxylic acids is 1. The number of carbonyl (C=O) groups is 1. The molecule has 20 heavy (non-hydrogen) atoms. The molecule has 0 aliphatic heterocycles. The Morgan fingerprint density at radius 3 is 2.55 bits per heavy atom. The zero-order valence-electron chi connectivity index (χ0n) is 11.5. The van der Waals surface area contributed by atoms with Crippen molar-refractivity contribution in [2.75, 3.05) is 5.32 Å². The first-order chi connectivity index (χ1) is 9.51. The van der Waals surface area contributed by atoms with Gasteiger partial charge in [0.15, 0.2) is 0 Å². The largest absolute Gasteiger partial charge is 0.464 e. The summed E-state index contributed by atoms with van der Waals surface area (Å²) in [6, 6.07) is 6.54. The summed E-state index contributed by atoms with van der Waals surface area (Å²) in [6.45, 7) is 3.39. The molecule has 7 nitrogen and oxygen atoms in total. The minimum Gasteiger partial charge on any atom is -0.464 e. The number of amides is 1. The third-order valence-electron chi connectivity index (χ3n) is 2.44. The lowest BCUT2D eigenvalue weighted by molar-refractivity contribution is -0.778. The number of unbranched alkanes of at least 4 members (excludes halogenated alkanes) is 1. The maximum Gasteiger partial charge on any atom is 0.298 e. The number of benzene rings is 1. The van der Waals surface area contributed by atoms with Crippen LogP contribution in [-0.4, -0.2) is 17.3 Å². The second kappa shape index (κ2) is 7.98. The Balaban J connectivity index is 2.62. The predicted molar refractivity (Wildman–Crippen MR) is 72.8 cm³/mol. The smallest absolute Gasteiger partial charge is 0.298 e. The van der Waals surface area contributed by atoms with E-state index in [1.54, 1.807) is 24.3 Å². The molecule has 1 aromatic rings. The summed E-state index contributed by atoms with van der Waals surface area (Å²) >= 11 is 0. The van der Waals surface area contributed by atoms with Crippen LogP contribution in [-0.2, 0) is 9.63 Å². The summed E-state index contributed by atoms with van der Waals surface area (Å²) in [5.41, 5.74) is 0.630.